The molecule has 4 aromatic carbocycles. The minimum absolute atomic E-state index is 0.0234. The van der Waals surface area contributed by atoms with Crippen molar-refractivity contribution in [2.75, 3.05) is 6.61 Å². The molecule has 5 nitrogen and oxygen atoms in total. The number of aliphatic hydroxyl groups excluding tert-OH is 2. The molecule has 0 aromatic heterocycles. The molecule has 1 heterocycles. The quantitative estimate of drug-likeness (QED) is 0.271. The molecule has 0 spiro atoms. The standard InChI is InChI=1S/C34H36O5/c1-22-13-26(19-35)28-11-7-8-12-38-39-33-27(20-36)14-23(2)16-31(33)32-18-24(3)17-30(29(28)15-22)34(32)37-21-25-9-5-4-6-10-25/h4-6,9-10,13-18,35-36H,7-8,11-12,19-21H2,1-3H3. The third kappa shape index (κ3) is 5.86. The van der Waals surface area contributed by atoms with E-state index in [-0.39, 0.29) is 13.2 Å². The minimum Gasteiger partial charge on any atom is -0.488 e. The summed E-state index contributed by atoms with van der Waals surface area (Å²) in [7, 11) is 0. The smallest absolute Gasteiger partial charge is 0.178 e. The molecular formula is C34H36O5. The fourth-order valence-corrected chi connectivity index (χ4v) is 5.45. The second-order valence-electron chi connectivity index (χ2n) is 10.4. The van der Waals surface area contributed by atoms with E-state index in [1.807, 2.05) is 31.2 Å². The molecule has 0 aliphatic carbocycles. The highest BCUT2D eigenvalue weighted by molar-refractivity contribution is 5.88. The van der Waals surface area contributed by atoms with Gasteiger partial charge in [0.2, 0.25) is 0 Å². The maximum atomic E-state index is 10.3. The summed E-state index contributed by atoms with van der Waals surface area (Å²) in [6.45, 7) is 6.77. The Morgan fingerprint density at radius 1 is 0.718 bits per heavy atom. The predicted molar refractivity (Wildman–Crippen MR) is 154 cm³/mol. The molecular weight excluding hydrogens is 488 g/mol. The molecule has 2 N–H and O–H groups in total. The van der Waals surface area contributed by atoms with Crippen LogP contribution in [0.4, 0.5) is 0 Å². The molecule has 39 heavy (non-hydrogen) atoms. The lowest BCUT2D eigenvalue weighted by molar-refractivity contribution is -0.207. The first-order valence-electron chi connectivity index (χ1n) is 13.6. The summed E-state index contributed by atoms with van der Waals surface area (Å²) < 4.78 is 6.71. The van der Waals surface area contributed by atoms with E-state index in [0.29, 0.717) is 24.5 Å². The summed E-state index contributed by atoms with van der Waals surface area (Å²) in [5.74, 6) is 1.24. The molecule has 0 unspecified atom stereocenters. The Hall–Kier alpha value is -3.64. The van der Waals surface area contributed by atoms with Gasteiger partial charge in [0.25, 0.3) is 0 Å². The van der Waals surface area contributed by atoms with Gasteiger partial charge in [0.05, 0.1) is 19.8 Å². The molecule has 1 aliphatic rings. The lowest BCUT2D eigenvalue weighted by Crippen LogP contribution is -2.05. The maximum Gasteiger partial charge on any atom is 0.178 e. The summed E-state index contributed by atoms with van der Waals surface area (Å²) in [5.41, 5.74) is 10.7. The van der Waals surface area contributed by atoms with E-state index < -0.39 is 0 Å². The van der Waals surface area contributed by atoms with Crippen LogP contribution in [0.15, 0.2) is 66.7 Å². The van der Waals surface area contributed by atoms with Crippen molar-refractivity contribution >= 4 is 0 Å². The van der Waals surface area contributed by atoms with Gasteiger partial charge in [-0.05, 0) is 97.7 Å². The molecule has 5 rings (SSSR count). The Bertz CT molecular complexity index is 1370. The number of ether oxygens (including phenoxy) is 1. The van der Waals surface area contributed by atoms with Crippen LogP contribution in [-0.4, -0.2) is 16.8 Å². The number of fused-ring (bicyclic) bond motifs is 6. The van der Waals surface area contributed by atoms with Crippen molar-refractivity contribution in [3.05, 3.63) is 106 Å². The summed E-state index contributed by atoms with van der Waals surface area (Å²) in [6.07, 6.45) is 2.46. The van der Waals surface area contributed by atoms with Crippen molar-refractivity contribution in [1.29, 1.82) is 0 Å². The van der Waals surface area contributed by atoms with Crippen LogP contribution in [0.1, 0.15) is 51.8 Å². The summed E-state index contributed by atoms with van der Waals surface area (Å²) in [6, 6.07) is 22.6. The van der Waals surface area contributed by atoms with Crippen molar-refractivity contribution in [2.24, 2.45) is 0 Å². The number of aliphatic hydroxyl groups is 2. The molecule has 4 aromatic rings. The zero-order valence-corrected chi connectivity index (χ0v) is 22.9. The number of benzene rings is 4. The second-order valence-corrected chi connectivity index (χ2v) is 10.4. The predicted octanol–water partition coefficient (Wildman–Crippen LogP) is 7.16. The molecule has 0 saturated heterocycles. The number of rotatable bonds is 5. The molecule has 0 fully saturated rings. The molecule has 0 saturated carbocycles. The highest BCUT2D eigenvalue weighted by atomic mass is 17.2. The van der Waals surface area contributed by atoms with Crippen molar-refractivity contribution < 1.29 is 24.7 Å². The van der Waals surface area contributed by atoms with Crippen LogP contribution in [0, 0.1) is 20.8 Å². The molecule has 0 atom stereocenters. The van der Waals surface area contributed by atoms with Crippen molar-refractivity contribution in [1.82, 2.24) is 0 Å². The highest BCUT2D eigenvalue weighted by Gasteiger charge is 2.24. The van der Waals surface area contributed by atoms with Crippen LogP contribution < -0.4 is 9.62 Å². The highest BCUT2D eigenvalue weighted by Crippen LogP contribution is 2.47. The van der Waals surface area contributed by atoms with Gasteiger partial charge in [-0.15, -0.1) is 0 Å². The molecule has 0 amide bonds. The Morgan fingerprint density at radius 2 is 1.33 bits per heavy atom. The number of aryl methyl sites for hydroxylation is 3. The van der Waals surface area contributed by atoms with Gasteiger partial charge in [-0.3, -0.25) is 0 Å². The SMILES string of the molecule is Cc1cc(CO)c2c(c1)-c1cc(C)cc(c1OCc1ccccc1)-c1cc(C)cc(CO)c1OOCCCC2. The molecule has 2 bridgehead atoms. The van der Waals surface area contributed by atoms with Crippen LogP contribution in [-0.2, 0) is 31.1 Å². The van der Waals surface area contributed by atoms with Gasteiger partial charge in [-0.1, -0.05) is 48.0 Å². The summed E-state index contributed by atoms with van der Waals surface area (Å²) in [4.78, 5) is 11.6. The first-order valence-corrected chi connectivity index (χ1v) is 13.6. The van der Waals surface area contributed by atoms with Gasteiger partial charge in [0, 0.05) is 22.3 Å². The van der Waals surface area contributed by atoms with E-state index in [4.69, 9.17) is 14.5 Å². The van der Waals surface area contributed by atoms with E-state index >= 15 is 0 Å². The average Bonchev–Trinajstić information content (AvgIpc) is 2.94. The van der Waals surface area contributed by atoms with Gasteiger partial charge in [0.1, 0.15) is 12.4 Å². The third-order valence-corrected chi connectivity index (χ3v) is 7.22. The van der Waals surface area contributed by atoms with E-state index in [0.717, 1.165) is 80.6 Å². The van der Waals surface area contributed by atoms with Gasteiger partial charge in [0.15, 0.2) is 5.75 Å². The van der Waals surface area contributed by atoms with Crippen LogP contribution in [0.3, 0.4) is 0 Å². The lowest BCUT2D eigenvalue weighted by atomic mass is 9.87. The van der Waals surface area contributed by atoms with Crippen LogP contribution >= 0.6 is 0 Å². The fourth-order valence-electron chi connectivity index (χ4n) is 5.45. The first-order chi connectivity index (χ1) is 19.0. The molecule has 1 aliphatic heterocycles. The monoisotopic (exact) mass is 524 g/mol. The minimum atomic E-state index is -0.172. The first kappa shape index (κ1) is 26.9. The molecule has 0 radical (unpaired) electrons. The Kier molecular flexibility index (Phi) is 8.32. The number of hydrogen-bond acceptors (Lipinski definition) is 5. The van der Waals surface area contributed by atoms with Crippen molar-refractivity contribution in [2.45, 2.75) is 59.9 Å². The second kappa shape index (κ2) is 12.0. The summed E-state index contributed by atoms with van der Waals surface area (Å²) >= 11 is 0. The van der Waals surface area contributed by atoms with E-state index in [9.17, 15) is 10.2 Å². The summed E-state index contributed by atoms with van der Waals surface area (Å²) in [5, 5.41) is 20.6. The zero-order valence-electron chi connectivity index (χ0n) is 22.9. The largest absolute Gasteiger partial charge is 0.488 e. The topological polar surface area (TPSA) is 68.2 Å². The Labute approximate surface area is 230 Å². The van der Waals surface area contributed by atoms with Crippen molar-refractivity contribution in [3.8, 4) is 33.8 Å². The Morgan fingerprint density at radius 3 is 2.05 bits per heavy atom. The van der Waals surface area contributed by atoms with Crippen molar-refractivity contribution in [3.63, 3.8) is 0 Å². The fraction of sp³-hybridized carbons (Fsp3) is 0.294. The lowest BCUT2D eigenvalue weighted by Gasteiger charge is -2.23. The zero-order chi connectivity index (χ0) is 27.4. The number of hydrogen-bond donors (Lipinski definition) is 2. The van der Waals surface area contributed by atoms with Gasteiger partial charge in [-0.25, -0.2) is 0 Å². The van der Waals surface area contributed by atoms with E-state index in [1.165, 1.54) is 0 Å². The van der Waals surface area contributed by atoms with Crippen LogP contribution in [0.2, 0.25) is 0 Å². The molecule has 202 valence electrons. The third-order valence-electron chi connectivity index (χ3n) is 7.22. The van der Waals surface area contributed by atoms with Crippen LogP contribution in [0.25, 0.3) is 22.3 Å². The van der Waals surface area contributed by atoms with E-state index in [2.05, 4.69) is 56.3 Å². The van der Waals surface area contributed by atoms with Gasteiger partial charge >= 0.3 is 0 Å². The maximum absolute atomic E-state index is 10.3. The van der Waals surface area contributed by atoms with E-state index in [1.54, 1.807) is 0 Å². The molecule has 5 heteroatoms. The van der Waals surface area contributed by atoms with Gasteiger partial charge < -0.3 is 19.8 Å². The average molecular weight is 525 g/mol. The van der Waals surface area contributed by atoms with Gasteiger partial charge in [-0.2, -0.15) is 4.89 Å². The van der Waals surface area contributed by atoms with Crippen LogP contribution in [0.5, 0.6) is 11.5 Å². The normalized spacial score (nSPS) is 13.3. The Balaban J connectivity index is 1.83.